The Morgan fingerprint density at radius 3 is 2.58 bits per heavy atom. The van der Waals surface area contributed by atoms with Crippen LogP contribution < -0.4 is 10.6 Å². The monoisotopic (exact) mass is 284 g/mol. The predicted molar refractivity (Wildman–Crippen MR) is 77.2 cm³/mol. The van der Waals surface area contributed by atoms with Gasteiger partial charge in [-0.3, -0.25) is 4.79 Å². The van der Waals surface area contributed by atoms with Crippen LogP contribution in [-0.4, -0.2) is 30.1 Å². The Balaban J connectivity index is 2.39. The average molecular weight is 285 g/mol. The normalized spacial score (nSPS) is 13.9. The van der Waals surface area contributed by atoms with E-state index in [1.54, 1.807) is 31.2 Å². The summed E-state index contributed by atoms with van der Waals surface area (Å²) in [5.41, 5.74) is 0.776. The van der Waals surface area contributed by atoms with Gasteiger partial charge in [0.25, 0.3) is 0 Å². The Kier molecular flexibility index (Phi) is 6.84. The molecule has 0 fully saturated rings. The third-order valence-electron chi connectivity index (χ3n) is 2.81. The van der Waals surface area contributed by atoms with Crippen LogP contribution in [0, 0.1) is 0 Å². The van der Waals surface area contributed by atoms with Crippen LogP contribution in [0.2, 0.25) is 5.02 Å². The first-order valence-electron chi connectivity index (χ1n) is 6.49. The van der Waals surface area contributed by atoms with Gasteiger partial charge < -0.3 is 15.7 Å². The van der Waals surface area contributed by atoms with Gasteiger partial charge in [0.1, 0.15) is 0 Å². The zero-order valence-corrected chi connectivity index (χ0v) is 12.1. The molecule has 106 valence electrons. The Bertz CT molecular complexity index is 395. The van der Waals surface area contributed by atoms with E-state index < -0.39 is 6.10 Å². The van der Waals surface area contributed by atoms with Gasteiger partial charge in [-0.1, -0.05) is 30.7 Å². The Morgan fingerprint density at radius 2 is 2.00 bits per heavy atom. The number of carbonyl (C=O) groups is 1. The molecule has 1 rings (SSSR count). The third-order valence-corrected chi connectivity index (χ3v) is 3.07. The van der Waals surface area contributed by atoms with Gasteiger partial charge >= 0.3 is 0 Å². The molecule has 0 heterocycles. The van der Waals surface area contributed by atoms with Crippen molar-refractivity contribution in [3.63, 3.8) is 0 Å². The molecular formula is C14H21ClN2O2. The topological polar surface area (TPSA) is 61.4 Å². The predicted octanol–water partition coefficient (Wildman–Crippen LogP) is 1.88. The highest BCUT2D eigenvalue weighted by molar-refractivity contribution is 6.30. The van der Waals surface area contributed by atoms with Crippen molar-refractivity contribution in [2.45, 2.75) is 32.4 Å². The molecule has 0 spiro atoms. The number of hydrogen-bond donors (Lipinski definition) is 3. The molecule has 0 saturated heterocycles. The summed E-state index contributed by atoms with van der Waals surface area (Å²) in [6, 6.07) is 6.69. The van der Waals surface area contributed by atoms with Gasteiger partial charge in [0.2, 0.25) is 5.91 Å². The number of carbonyl (C=O) groups excluding carboxylic acids is 1. The molecule has 0 aromatic heterocycles. The standard InChI is InChI=1S/C14H21ClN2O2/c1-3-8-16-14(19)10(2)17-9-13(18)11-4-6-12(15)7-5-11/h4-7,10,13,17-18H,3,8-9H2,1-2H3,(H,16,19). The molecule has 19 heavy (non-hydrogen) atoms. The molecule has 0 radical (unpaired) electrons. The molecule has 0 saturated carbocycles. The van der Waals surface area contributed by atoms with Crippen molar-refractivity contribution in [2.75, 3.05) is 13.1 Å². The lowest BCUT2D eigenvalue weighted by Gasteiger charge is -2.17. The van der Waals surface area contributed by atoms with Crippen LogP contribution in [0.3, 0.4) is 0 Å². The Labute approximate surface area is 119 Å². The van der Waals surface area contributed by atoms with Crippen LogP contribution in [-0.2, 0) is 4.79 Å². The summed E-state index contributed by atoms with van der Waals surface area (Å²) in [7, 11) is 0. The number of nitrogens with one attached hydrogen (secondary N) is 2. The van der Waals surface area contributed by atoms with E-state index in [-0.39, 0.29) is 11.9 Å². The summed E-state index contributed by atoms with van der Waals surface area (Å²) in [6.07, 6.45) is 0.255. The van der Waals surface area contributed by atoms with Crippen LogP contribution in [0.5, 0.6) is 0 Å². The molecule has 0 aliphatic heterocycles. The Morgan fingerprint density at radius 1 is 1.37 bits per heavy atom. The maximum Gasteiger partial charge on any atom is 0.236 e. The van der Waals surface area contributed by atoms with Gasteiger partial charge in [-0.15, -0.1) is 0 Å². The van der Waals surface area contributed by atoms with Gasteiger partial charge in [0.05, 0.1) is 12.1 Å². The molecule has 4 nitrogen and oxygen atoms in total. The van der Waals surface area contributed by atoms with E-state index in [4.69, 9.17) is 11.6 Å². The fraction of sp³-hybridized carbons (Fsp3) is 0.500. The number of rotatable bonds is 7. The number of halogens is 1. The smallest absolute Gasteiger partial charge is 0.236 e. The van der Waals surface area contributed by atoms with Crippen molar-refractivity contribution in [1.82, 2.24) is 10.6 Å². The lowest BCUT2D eigenvalue weighted by atomic mass is 10.1. The van der Waals surface area contributed by atoms with Gasteiger partial charge in [-0.05, 0) is 31.0 Å². The van der Waals surface area contributed by atoms with Crippen molar-refractivity contribution in [2.24, 2.45) is 0 Å². The number of aliphatic hydroxyl groups is 1. The minimum absolute atomic E-state index is 0.0508. The molecular weight excluding hydrogens is 264 g/mol. The molecule has 3 N–H and O–H groups in total. The van der Waals surface area contributed by atoms with Crippen molar-refractivity contribution in [1.29, 1.82) is 0 Å². The fourth-order valence-electron chi connectivity index (χ4n) is 1.59. The van der Waals surface area contributed by atoms with E-state index in [0.29, 0.717) is 18.1 Å². The fourth-order valence-corrected chi connectivity index (χ4v) is 1.71. The SMILES string of the molecule is CCCNC(=O)C(C)NCC(O)c1ccc(Cl)cc1. The van der Waals surface area contributed by atoms with E-state index in [1.165, 1.54) is 0 Å². The first-order valence-corrected chi connectivity index (χ1v) is 6.87. The van der Waals surface area contributed by atoms with Gasteiger partial charge in [-0.2, -0.15) is 0 Å². The van der Waals surface area contributed by atoms with Gasteiger partial charge in [-0.25, -0.2) is 0 Å². The number of aliphatic hydroxyl groups excluding tert-OH is 1. The molecule has 1 amide bonds. The summed E-state index contributed by atoms with van der Waals surface area (Å²) in [6.45, 7) is 4.77. The number of hydrogen-bond acceptors (Lipinski definition) is 3. The van der Waals surface area contributed by atoms with E-state index in [9.17, 15) is 9.90 Å². The second kappa shape index (κ2) is 8.15. The highest BCUT2D eigenvalue weighted by Crippen LogP contribution is 2.15. The highest BCUT2D eigenvalue weighted by Gasteiger charge is 2.14. The highest BCUT2D eigenvalue weighted by atomic mass is 35.5. The summed E-state index contributed by atoms with van der Waals surface area (Å²) in [4.78, 5) is 11.6. The average Bonchev–Trinajstić information content (AvgIpc) is 2.42. The van der Waals surface area contributed by atoms with Crippen LogP contribution in [0.15, 0.2) is 24.3 Å². The maximum absolute atomic E-state index is 11.6. The summed E-state index contributed by atoms with van der Waals surface area (Å²) < 4.78 is 0. The van der Waals surface area contributed by atoms with E-state index in [0.717, 1.165) is 12.0 Å². The summed E-state index contributed by atoms with van der Waals surface area (Å²) in [5, 5.41) is 16.4. The first-order chi connectivity index (χ1) is 9.04. The largest absolute Gasteiger partial charge is 0.387 e. The second-order valence-electron chi connectivity index (χ2n) is 4.49. The zero-order valence-electron chi connectivity index (χ0n) is 11.3. The molecule has 0 bridgehead atoms. The van der Waals surface area contributed by atoms with Gasteiger partial charge in [0, 0.05) is 18.1 Å². The van der Waals surface area contributed by atoms with Crippen molar-refractivity contribution < 1.29 is 9.90 Å². The molecule has 0 aliphatic carbocycles. The minimum Gasteiger partial charge on any atom is -0.387 e. The van der Waals surface area contributed by atoms with Gasteiger partial charge in [0.15, 0.2) is 0 Å². The van der Waals surface area contributed by atoms with E-state index in [1.807, 2.05) is 6.92 Å². The minimum atomic E-state index is -0.654. The van der Waals surface area contributed by atoms with Crippen LogP contribution in [0.4, 0.5) is 0 Å². The zero-order chi connectivity index (χ0) is 14.3. The van der Waals surface area contributed by atoms with Crippen molar-refractivity contribution in [3.05, 3.63) is 34.9 Å². The molecule has 1 aromatic carbocycles. The quantitative estimate of drug-likeness (QED) is 0.716. The molecule has 2 atom stereocenters. The summed E-state index contributed by atoms with van der Waals surface area (Å²) >= 11 is 5.78. The first kappa shape index (κ1) is 16.0. The van der Waals surface area contributed by atoms with Crippen molar-refractivity contribution >= 4 is 17.5 Å². The molecule has 5 heteroatoms. The lowest BCUT2D eigenvalue weighted by molar-refractivity contribution is -0.122. The lowest BCUT2D eigenvalue weighted by Crippen LogP contribution is -2.43. The maximum atomic E-state index is 11.6. The van der Waals surface area contributed by atoms with Crippen molar-refractivity contribution in [3.8, 4) is 0 Å². The number of amides is 1. The van der Waals surface area contributed by atoms with E-state index in [2.05, 4.69) is 10.6 Å². The second-order valence-corrected chi connectivity index (χ2v) is 4.92. The van der Waals surface area contributed by atoms with Crippen LogP contribution in [0.25, 0.3) is 0 Å². The van der Waals surface area contributed by atoms with E-state index >= 15 is 0 Å². The molecule has 0 aliphatic rings. The van der Waals surface area contributed by atoms with Crippen LogP contribution in [0.1, 0.15) is 31.9 Å². The molecule has 1 aromatic rings. The third kappa shape index (κ3) is 5.59. The molecule has 2 unspecified atom stereocenters. The van der Waals surface area contributed by atoms with Crippen LogP contribution >= 0.6 is 11.6 Å². The number of benzene rings is 1. The Hall–Kier alpha value is -1.10. The summed E-state index contributed by atoms with van der Waals surface area (Å²) in [5.74, 6) is -0.0508.